The van der Waals surface area contributed by atoms with Gasteiger partial charge in [0.25, 0.3) is 0 Å². The van der Waals surface area contributed by atoms with Gasteiger partial charge in [0.1, 0.15) is 0 Å². The summed E-state index contributed by atoms with van der Waals surface area (Å²) in [5.74, 6) is -3.06. The lowest BCUT2D eigenvalue weighted by molar-refractivity contribution is -0.186. The number of nitrogens with zero attached hydrogens (tertiary/aromatic N) is 2. The zero-order valence-corrected chi connectivity index (χ0v) is 17.1. The first-order valence-corrected chi connectivity index (χ1v) is 9.94. The van der Waals surface area contributed by atoms with Gasteiger partial charge in [-0.2, -0.15) is 31.4 Å². The normalized spacial score (nSPS) is 20.0. The minimum atomic E-state index is -4.67. The van der Waals surface area contributed by atoms with Crippen LogP contribution in [-0.4, -0.2) is 21.9 Å². The molecule has 0 spiro atoms. The number of carbonyl (C=O) groups is 1. The number of rotatable bonds is 4. The number of hydrogen-bond acceptors (Lipinski definition) is 2. The van der Waals surface area contributed by atoms with Gasteiger partial charge < -0.3 is 5.32 Å². The van der Waals surface area contributed by atoms with Gasteiger partial charge >= 0.3 is 12.4 Å². The second kappa shape index (κ2) is 8.55. The quantitative estimate of drug-likeness (QED) is 0.630. The van der Waals surface area contributed by atoms with Crippen molar-refractivity contribution in [1.29, 1.82) is 0 Å². The Hall–Kier alpha value is -2.52. The molecule has 170 valence electrons. The Morgan fingerprint density at radius 1 is 1.13 bits per heavy atom. The Balaban J connectivity index is 1.76. The molecule has 0 radical (unpaired) electrons. The van der Waals surface area contributed by atoms with Gasteiger partial charge in [-0.3, -0.25) is 4.79 Å². The number of benzene rings is 1. The molecule has 0 saturated heterocycles. The summed E-state index contributed by atoms with van der Waals surface area (Å²) >= 11 is 0. The van der Waals surface area contributed by atoms with Gasteiger partial charge in [-0.1, -0.05) is 12.5 Å². The van der Waals surface area contributed by atoms with Crippen molar-refractivity contribution in [2.75, 3.05) is 0 Å². The van der Waals surface area contributed by atoms with E-state index in [1.54, 1.807) is 19.9 Å². The van der Waals surface area contributed by atoms with Crippen molar-refractivity contribution in [2.24, 2.45) is 11.8 Å². The topological polar surface area (TPSA) is 46.9 Å². The van der Waals surface area contributed by atoms with E-state index in [9.17, 15) is 31.1 Å². The van der Waals surface area contributed by atoms with Crippen molar-refractivity contribution in [3.8, 4) is 5.69 Å². The highest BCUT2D eigenvalue weighted by atomic mass is 19.4. The third-order valence-corrected chi connectivity index (χ3v) is 5.61. The van der Waals surface area contributed by atoms with Crippen molar-refractivity contribution in [1.82, 2.24) is 15.1 Å². The van der Waals surface area contributed by atoms with Gasteiger partial charge in [0, 0.05) is 18.2 Å². The number of alkyl halides is 6. The Bertz CT molecular complexity index is 948. The van der Waals surface area contributed by atoms with Gasteiger partial charge in [-0.15, -0.1) is 0 Å². The van der Waals surface area contributed by atoms with E-state index in [1.165, 1.54) is 16.8 Å². The molecule has 1 aromatic heterocycles. The van der Waals surface area contributed by atoms with Crippen molar-refractivity contribution >= 4 is 5.91 Å². The summed E-state index contributed by atoms with van der Waals surface area (Å²) in [6, 6.07) is 5.42. The molecular formula is C21H23F6N3O. The van der Waals surface area contributed by atoms with Crippen LogP contribution in [0.3, 0.4) is 0 Å². The lowest BCUT2D eigenvalue weighted by atomic mass is 9.80. The minimum Gasteiger partial charge on any atom is -0.352 e. The van der Waals surface area contributed by atoms with Crippen LogP contribution in [0.1, 0.15) is 48.2 Å². The molecule has 2 atom stereocenters. The highest BCUT2D eigenvalue weighted by molar-refractivity contribution is 5.78. The Morgan fingerprint density at radius 2 is 1.84 bits per heavy atom. The summed E-state index contributed by atoms with van der Waals surface area (Å²) in [6.45, 7) is 3.03. The molecule has 31 heavy (non-hydrogen) atoms. The second-order valence-corrected chi connectivity index (χ2v) is 8.00. The maximum Gasteiger partial charge on any atom is 0.416 e. The minimum absolute atomic E-state index is 0.0285. The SMILES string of the molecule is Cc1cc(C)n(-c2ccc(CNC(=O)C3CCCC(C(F)(F)F)C3)c(C(F)(F)F)c2)n1. The Morgan fingerprint density at radius 3 is 2.42 bits per heavy atom. The van der Waals surface area contributed by atoms with Crippen LogP contribution < -0.4 is 5.32 Å². The van der Waals surface area contributed by atoms with Crippen LogP contribution in [0.25, 0.3) is 5.69 Å². The smallest absolute Gasteiger partial charge is 0.352 e. The molecule has 1 aliphatic rings. The van der Waals surface area contributed by atoms with Crippen LogP contribution in [0.2, 0.25) is 0 Å². The number of amides is 1. The maximum absolute atomic E-state index is 13.6. The van der Waals surface area contributed by atoms with E-state index in [-0.39, 0.29) is 30.5 Å². The summed E-state index contributed by atoms with van der Waals surface area (Å²) in [6.07, 6.45) is -8.86. The number of hydrogen-bond donors (Lipinski definition) is 1. The number of nitrogens with one attached hydrogen (secondary N) is 1. The van der Waals surface area contributed by atoms with E-state index in [0.29, 0.717) is 17.8 Å². The summed E-state index contributed by atoms with van der Waals surface area (Å²) < 4.78 is 81.2. The largest absolute Gasteiger partial charge is 0.416 e. The third-order valence-electron chi connectivity index (χ3n) is 5.61. The molecule has 4 nitrogen and oxygen atoms in total. The molecule has 1 amide bonds. The van der Waals surface area contributed by atoms with Crippen LogP contribution in [0.15, 0.2) is 24.3 Å². The standard InChI is InChI=1S/C21H23F6N3O/c1-12-8-13(2)30(29-12)17-7-6-15(18(10-17)21(25,26)27)11-28-19(31)14-4-3-5-16(9-14)20(22,23)24/h6-8,10,14,16H,3-5,9,11H2,1-2H3,(H,28,31). The van der Waals surface area contributed by atoms with Crippen molar-refractivity contribution in [3.05, 3.63) is 46.8 Å². The average molecular weight is 447 g/mol. The number of aryl methyl sites for hydroxylation is 2. The summed E-state index contributed by atoms with van der Waals surface area (Å²) in [5, 5.41) is 6.58. The zero-order chi connectivity index (χ0) is 23.0. The van der Waals surface area contributed by atoms with Crippen LogP contribution in [0.5, 0.6) is 0 Å². The average Bonchev–Trinajstić information content (AvgIpc) is 3.02. The van der Waals surface area contributed by atoms with Crippen molar-refractivity contribution in [3.63, 3.8) is 0 Å². The summed E-state index contributed by atoms with van der Waals surface area (Å²) in [4.78, 5) is 12.4. The molecule has 10 heteroatoms. The predicted octanol–water partition coefficient (Wildman–Crippen LogP) is 5.49. The Kier molecular flexibility index (Phi) is 6.38. The van der Waals surface area contributed by atoms with Crippen LogP contribution in [0, 0.1) is 25.7 Å². The highest BCUT2D eigenvalue weighted by Crippen LogP contribution is 2.40. The van der Waals surface area contributed by atoms with E-state index in [0.717, 1.165) is 6.07 Å². The first-order chi connectivity index (χ1) is 14.4. The molecule has 0 aliphatic heterocycles. The highest BCUT2D eigenvalue weighted by Gasteiger charge is 2.43. The van der Waals surface area contributed by atoms with Crippen LogP contribution >= 0.6 is 0 Å². The molecule has 1 saturated carbocycles. The molecule has 0 bridgehead atoms. The first kappa shape index (κ1) is 23.1. The molecule has 3 rings (SSSR count). The van der Waals surface area contributed by atoms with E-state index in [1.807, 2.05) is 0 Å². The van der Waals surface area contributed by atoms with Gasteiger partial charge in [-0.05, 0) is 56.9 Å². The van der Waals surface area contributed by atoms with E-state index < -0.39 is 42.2 Å². The third kappa shape index (κ3) is 5.40. The molecule has 1 aromatic carbocycles. The molecule has 1 aliphatic carbocycles. The van der Waals surface area contributed by atoms with Gasteiger partial charge in [0.2, 0.25) is 5.91 Å². The number of carbonyl (C=O) groups excluding carboxylic acids is 1. The van der Waals surface area contributed by atoms with Gasteiger partial charge in [0.15, 0.2) is 0 Å². The first-order valence-electron chi connectivity index (χ1n) is 9.94. The van der Waals surface area contributed by atoms with Gasteiger partial charge in [0.05, 0.1) is 22.9 Å². The van der Waals surface area contributed by atoms with Gasteiger partial charge in [-0.25, -0.2) is 4.68 Å². The number of halogens is 6. The summed E-state index contributed by atoms with van der Waals surface area (Å²) in [7, 11) is 0. The fourth-order valence-corrected chi connectivity index (χ4v) is 4.06. The lowest BCUT2D eigenvalue weighted by Gasteiger charge is -2.29. The fourth-order valence-electron chi connectivity index (χ4n) is 4.06. The monoisotopic (exact) mass is 447 g/mol. The zero-order valence-electron chi connectivity index (χ0n) is 17.1. The molecular weight excluding hydrogens is 424 g/mol. The summed E-state index contributed by atoms with van der Waals surface area (Å²) in [5.41, 5.74) is 0.479. The Labute approximate surface area is 175 Å². The van der Waals surface area contributed by atoms with Crippen molar-refractivity contribution < 1.29 is 31.1 Å². The lowest BCUT2D eigenvalue weighted by Crippen LogP contribution is -2.37. The van der Waals surface area contributed by atoms with E-state index in [4.69, 9.17) is 0 Å². The molecule has 1 N–H and O–H groups in total. The van der Waals surface area contributed by atoms with E-state index >= 15 is 0 Å². The molecule has 2 aromatic rings. The van der Waals surface area contributed by atoms with Crippen molar-refractivity contribution in [2.45, 2.75) is 58.4 Å². The van der Waals surface area contributed by atoms with E-state index in [2.05, 4.69) is 10.4 Å². The maximum atomic E-state index is 13.6. The van der Waals surface area contributed by atoms with Crippen LogP contribution in [-0.2, 0) is 17.5 Å². The molecule has 1 fully saturated rings. The molecule has 2 unspecified atom stereocenters. The second-order valence-electron chi connectivity index (χ2n) is 8.00. The van der Waals surface area contributed by atoms with Crippen LogP contribution in [0.4, 0.5) is 26.3 Å². The predicted molar refractivity (Wildman–Crippen MR) is 101 cm³/mol. The fraction of sp³-hybridized carbons (Fsp3) is 0.524. The molecule has 1 heterocycles. The number of aromatic nitrogens is 2.